The summed E-state index contributed by atoms with van der Waals surface area (Å²) in [4.78, 5) is 29.8. The van der Waals surface area contributed by atoms with Gasteiger partial charge in [-0.15, -0.1) is 0 Å². The van der Waals surface area contributed by atoms with Crippen molar-refractivity contribution in [1.82, 2.24) is 14.0 Å². The average molecular weight is 554 g/mol. The van der Waals surface area contributed by atoms with Crippen molar-refractivity contribution in [2.75, 3.05) is 20.6 Å². The summed E-state index contributed by atoms with van der Waals surface area (Å²) in [5.74, 6) is 0. The number of nitrogens with zero attached hydrogens (tertiary/aromatic N) is 3. The van der Waals surface area contributed by atoms with Crippen LogP contribution in [0.25, 0.3) is 49.7 Å². The normalized spacial score (nSPS) is 12.9. The number of aromatic nitrogens is 2. The molecule has 0 bridgehead atoms. The molecule has 2 aromatic heterocycles. The van der Waals surface area contributed by atoms with Crippen LogP contribution < -0.4 is 0 Å². The first-order valence-corrected chi connectivity index (χ1v) is 14.0. The topological polar surface area (TPSA) is 65.7 Å². The highest BCUT2D eigenvalue weighted by Gasteiger charge is 2.30. The Labute approximate surface area is 240 Å². The molecule has 0 N–H and O–H groups in total. The summed E-state index contributed by atoms with van der Waals surface area (Å²) in [5, 5.41) is 3.61. The zero-order valence-electron chi connectivity index (χ0n) is 25.5. The van der Waals surface area contributed by atoms with E-state index in [1.807, 2.05) is 111 Å². The van der Waals surface area contributed by atoms with E-state index in [4.69, 9.17) is 9.47 Å². The molecule has 0 radical (unpaired) electrons. The van der Waals surface area contributed by atoms with Crippen molar-refractivity contribution >= 4 is 61.9 Å². The number of aryl methyl sites for hydroxylation is 1. The van der Waals surface area contributed by atoms with E-state index in [0.29, 0.717) is 6.54 Å². The van der Waals surface area contributed by atoms with Crippen LogP contribution in [-0.4, -0.2) is 58.1 Å². The Morgan fingerprint density at radius 2 is 1.22 bits per heavy atom. The van der Waals surface area contributed by atoms with E-state index in [2.05, 4.69) is 17.1 Å². The molecule has 2 heterocycles. The summed E-state index contributed by atoms with van der Waals surface area (Å²) in [6.07, 6.45) is 3.27. The van der Waals surface area contributed by atoms with Gasteiger partial charge in [0, 0.05) is 33.7 Å². The van der Waals surface area contributed by atoms with Gasteiger partial charge in [0.2, 0.25) is 0 Å². The molecule has 3 aromatic carbocycles. The third-order valence-electron chi connectivity index (χ3n) is 6.91. The molecule has 41 heavy (non-hydrogen) atoms. The van der Waals surface area contributed by atoms with Crippen LogP contribution in [0.5, 0.6) is 0 Å². The van der Waals surface area contributed by atoms with Crippen molar-refractivity contribution in [2.45, 2.75) is 59.7 Å². The maximum absolute atomic E-state index is 13.9. The highest BCUT2D eigenvalue weighted by atomic mass is 16.6. The lowest BCUT2D eigenvalue weighted by Gasteiger charge is -2.21. The van der Waals surface area contributed by atoms with Crippen LogP contribution in [0.2, 0.25) is 0 Å². The third-order valence-corrected chi connectivity index (χ3v) is 6.91. The Bertz CT molecular complexity index is 1850. The first-order chi connectivity index (χ1) is 19.2. The fraction of sp³-hybridized carbons (Fsp3) is 0.353. The molecule has 0 aliphatic heterocycles. The van der Waals surface area contributed by atoms with E-state index in [9.17, 15) is 9.59 Å². The van der Waals surface area contributed by atoms with E-state index in [0.717, 1.165) is 54.7 Å². The predicted octanol–water partition coefficient (Wildman–Crippen LogP) is 8.35. The van der Waals surface area contributed by atoms with Crippen molar-refractivity contribution in [1.29, 1.82) is 0 Å². The monoisotopic (exact) mass is 553 g/mol. The standard InChI is InChI=1S/C34H39N3O4/c1-21-27-22-15-10-12-18-25(22)37(32(39)41-34(5,6)7)30(27)24(17-14-20-35(8)9)28-23-16-11-13-19-26(23)36(29(21)28)31(38)40-33(2,3)4/h10-19H,20H2,1-9H3. The van der Waals surface area contributed by atoms with E-state index in [1.165, 1.54) is 0 Å². The highest BCUT2D eigenvalue weighted by Crippen LogP contribution is 2.44. The largest absolute Gasteiger partial charge is 0.443 e. The molecule has 5 aromatic rings. The van der Waals surface area contributed by atoms with Crippen molar-refractivity contribution in [2.24, 2.45) is 0 Å². The zero-order chi connectivity index (χ0) is 29.9. The molecule has 0 aliphatic rings. The van der Waals surface area contributed by atoms with E-state index in [-0.39, 0.29) is 0 Å². The van der Waals surface area contributed by atoms with Gasteiger partial charge in [0.1, 0.15) is 11.2 Å². The second kappa shape index (κ2) is 10.1. The fourth-order valence-corrected chi connectivity index (χ4v) is 5.52. The first kappa shape index (κ1) is 28.4. The van der Waals surface area contributed by atoms with Gasteiger partial charge >= 0.3 is 12.2 Å². The van der Waals surface area contributed by atoms with Gasteiger partial charge in [0.15, 0.2) is 0 Å². The molecular formula is C34H39N3O4. The number of ether oxygens (including phenoxy) is 2. The van der Waals surface area contributed by atoms with Crippen LogP contribution in [0.4, 0.5) is 9.59 Å². The quantitative estimate of drug-likeness (QED) is 0.225. The molecule has 0 fully saturated rings. The zero-order valence-corrected chi connectivity index (χ0v) is 25.5. The molecule has 214 valence electrons. The SMILES string of the molecule is Cc1c2c3ccccc3n(C(=O)OC(C)(C)C)c2c(C=CCN(C)C)c2c3ccccc3n(C(=O)OC(C)(C)C)c12. The van der Waals surface area contributed by atoms with Crippen LogP contribution in [0.1, 0.15) is 52.7 Å². The minimum Gasteiger partial charge on any atom is -0.443 e. The van der Waals surface area contributed by atoms with Crippen LogP contribution >= 0.6 is 0 Å². The number of likely N-dealkylation sites (N-methyl/N-ethyl adjacent to an activating group) is 1. The van der Waals surface area contributed by atoms with Crippen molar-refractivity contribution < 1.29 is 19.1 Å². The second-order valence-corrected chi connectivity index (χ2v) is 12.8. The second-order valence-electron chi connectivity index (χ2n) is 12.8. The Balaban J connectivity index is 2.04. The summed E-state index contributed by atoms with van der Waals surface area (Å²) >= 11 is 0. The Hall–Kier alpha value is -4.10. The molecule has 0 saturated carbocycles. The number of fused-ring (bicyclic) bond motifs is 6. The number of benzene rings is 3. The van der Waals surface area contributed by atoms with Gasteiger partial charge in [-0.2, -0.15) is 0 Å². The number of hydrogen-bond donors (Lipinski definition) is 0. The number of rotatable bonds is 3. The molecule has 0 aliphatic carbocycles. The maximum atomic E-state index is 13.9. The minimum atomic E-state index is -0.679. The summed E-state index contributed by atoms with van der Waals surface area (Å²) in [7, 11) is 4.02. The summed E-state index contributed by atoms with van der Waals surface area (Å²) < 4.78 is 15.2. The van der Waals surface area contributed by atoms with Crippen LogP contribution in [0.15, 0.2) is 54.6 Å². The Kier molecular flexibility index (Phi) is 6.98. The number of carbonyl (C=O) groups excluding carboxylic acids is 2. The summed E-state index contributed by atoms with van der Waals surface area (Å²) in [6.45, 7) is 13.9. The first-order valence-electron chi connectivity index (χ1n) is 14.0. The lowest BCUT2D eigenvalue weighted by Crippen LogP contribution is -2.27. The molecule has 0 unspecified atom stereocenters. The number of para-hydroxylation sites is 2. The third kappa shape index (κ3) is 5.10. The lowest BCUT2D eigenvalue weighted by molar-refractivity contribution is 0.0539. The van der Waals surface area contributed by atoms with Crippen molar-refractivity contribution in [3.63, 3.8) is 0 Å². The summed E-state index contributed by atoms with van der Waals surface area (Å²) in [5.41, 5.74) is 3.42. The average Bonchev–Trinajstić information content (AvgIpc) is 3.38. The van der Waals surface area contributed by atoms with Crippen LogP contribution in [0.3, 0.4) is 0 Å². The molecule has 0 atom stereocenters. The van der Waals surface area contributed by atoms with Gasteiger partial charge in [-0.3, -0.25) is 0 Å². The smallest absolute Gasteiger partial charge is 0.419 e. The van der Waals surface area contributed by atoms with Gasteiger partial charge in [-0.05, 0) is 80.3 Å². The molecule has 7 heteroatoms. The van der Waals surface area contributed by atoms with Crippen LogP contribution in [-0.2, 0) is 9.47 Å². The fourth-order valence-electron chi connectivity index (χ4n) is 5.52. The van der Waals surface area contributed by atoms with Crippen molar-refractivity contribution in [3.8, 4) is 0 Å². The van der Waals surface area contributed by atoms with Gasteiger partial charge < -0.3 is 14.4 Å². The summed E-state index contributed by atoms with van der Waals surface area (Å²) in [6, 6.07) is 15.7. The molecule has 7 nitrogen and oxygen atoms in total. The Morgan fingerprint density at radius 1 is 0.756 bits per heavy atom. The van der Waals surface area contributed by atoms with Crippen molar-refractivity contribution in [3.05, 3.63) is 65.7 Å². The predicted molar refractivity (Wildman–Crippen MR) is 168 cm³/mol. The maximum Gasteiger partial charge on any atom is 0.419 e. The molecule has 0 saturated heterocycles. The lowest BCUT2D eigenvalue weighted by atomic mass is 9.97. The molecule has 5 rings (SSSR count). The molecule has 0 amide bonds. The van der Waals surface area contributed by atoms with Gasteiger partial charge in [-0.25, -0.2) is 18.7 Å². The van der Waals surface area contributed by atoms with Gasteiger partial charge in [-0.1, -0.05) is 48.6 Å². The van der Waals surface area contributed by atoms with Gasteiger partial charge in [0.05, 0.1) is 22.1 Å². The number of carbonyl (C=O) groups is 2. The highest BCUT2D eigenvalue weighted by molar-refractivity contribution is 6.27. The molecular weight excluding hydrogens is 514 g/mol. The minimum absolute atomic E-state index is 0.440. The van der Waals surface area contributed by atoms with E-state index < -0.39 is 23.4 Å². The van der Waals surface area contributed by atoms with Gasteiger partial charge in [0.25, 0.3) is 0 Å². The number of hydrogen-bond acceptors (Lipinski definition) is 5. The Morgan fingerprint density at radius 3 is 1.71 bits per heavy atom. The molecule has 0 spiro atoms. The van der Waals surface area contributed by atoms with Crippen LogP contribution in [0, 0.1) is 6.92 Å². The van der Waals surface area contributed by atoms with E-state index in [1.54, 1.807) is 9.13 Å². The van der Waals surface area contributed by atoms with E-state index >= 15 is 0 Å².